The quantitative estimate of drug-likeness (QED) is 0.207. The maximum absolute atomic E-state index is 8.79. The van der Waals surface area contributed by atoms with E-state index < -0.39 is 0 Å². The Morgan fingerprint density at radius 3 is 1.73 bits per heavy atom. The highest BCUT2D eigenvalue weighted by Gasteiger charge is 2.18. The van der Waals surface area contributed by atoms with Gasteiger partial charge in [-0.1, -0.05) is 152 Å². The molecular formula is C40H26. The van der Waals surface area contributed by atoms with E-state index in [1.165, 1.54) is 22.9 Å². The molecule has 0 radical (unpaired) electrons. The van der Waals surface area contributed by atoms with Gasteiger partial charge in [-0.15, -0.1) is 0 Å². The monoisotopic (exact) mass is 511 g/mol. The minimum atomic E-state index is 0.0957. The summed E-state index contributed by atoms with van der Waals surface area (Å²) in [5, 5.41) is 7.88. The van der Waals surface area contributed by atoms with Crippen LogP contribution in [0.1, 0.15) is 6.85 Å². The summed E-state index contributed by atoms with van der Waals surface area (Å²) in [4.78, 5) is 0. The molecule has 0 amide bonds. The van der Waals surface area contributed by atoms with Crippen molar-refractivity contribution in [2.24, 2.45) is 0 Å². The molecule has 40 heavy (non-hydrogen) atoms. The third-order valence-corrected chi connectivity index (χ3v) is 7.91. The SMILES string of the molecule is [2H]c1cc([2H])c(-c2c3cc([2H])ccc3c(-c3cccc4c(-c5ccc6ccccc6c5)cccc34)c3cc([2H])ccc23)c([2H])c1. The predicted octanol–water partition coefficient (Wildman–Crippen LogP) is 11.3. The lowest BCUT2D eigenvalue weighted by atomic mass is 9.84. The fourth-order valence-corrected chi connectivity index (χ4v) is 6.15. The van der Waals surface area contributed by atoms with E-state index >= 15 is 0 Å². The molecule has 0 aliphatic carbocycles. The van der Waals surface area contributed by atoms with E-state index in [4.69, 9.17) is 6.85 Å². The first kappa shape index (κ1) is 18.2. The van der Waals surface area contributed by atoms with Gasteiger partial charge >= 0.3 is 0 Å². The van der Waals surface area contributed by atoms with Crippen LogP contribution in [0.25, 0.3) is 76.5 Å². The summed E-state index contributed by atoms with van der Waals surface area (Å²) >= 11 is 0. The van der Waals surface area contributed by atoms with Gasteiger partial charge in [0.25, 0.3) is 0 Å². The van der Waals surface area contributed by atoms with E-state index in [-0.39, 0.29) is 18.1 Å². The van der Waals surface area contributed by atoms with Gasteiger partial charge in [0, 0.05) is 0 Å². The van der Waals surface area contributed by atoms with Gasteiger partial charge in [0.15, 0.2) is 0 Å². The largest absolute Gasteiger partial charge is 0.0629 e. The van der Waals surface area contributed by atoms with E-state index in [1.54, 1.807) is 18.2 Å². The van der Waals surface area contributed by atoms with Crippen molar-refractivity contribution in [1.82, 2.24) is 0 Å². The third-order valence-electron chi connectivity index (χ3n) is 7.91. The Bertz CT molecular complexity index is 2470. The van der Waals surface area contributed by atoms with Crippen LogP contribution < -0.4 is 0 Å². The average molecular weight is 512 g/mol. The Kier molecular flexibility index (Phi) is 4.18. The molecular weight excluding hydrogens is 480 g/mol. The zero-order valence-corrected chi connectivity index (χ0v) is 21.6. The first-order valence-electron chi connectivity index (χ1n) is 15.9. The fourth-order valence-electron chi connectivity index (χ4n) is 6.15. The van der Waals surface area contributed by atoms with Crippen molar-refractivity contribution in [3.63, 3.8) is 0 Å². The molecule has 8 rings (SSSR count). The van der Waals surface area contributed by atoms with Crippen LogP contribution in [-0.2, 0) is 0 Å². The summed E-state index contributed by atoms with van der Waals surface area (Å²) in [5.74, 6) is 0. The van der Waals surface area contributed by atoms with Crippen molar-refractivity contribution in [3.05, 3.63) is 158 Å². The first-order chi connectivity index (χ1) is 21.9. The summed E-state index contributed by atoms with van der Waals surface area (Å²) in [7, 11) is 0. The second-order valence-electron chi connectivity index (χ2n) is 10.1. The van der Waals surface area contributed by atoms with Gasteiger partial charge in [-0.25, -0.2) is 0 Å². The van der Waals surface area contributed by atoms with Gasteiger partial charge in [-0.3, -0.25) is 0 Å². The molecule has 0 atom stereocenters. The Labute approximate surface area is 240 Å². The van der Waals surface area contributed by atoms with Crippen LogP contribution >= 0.6 is 0 Å². The van der Waals surface area contributed by atoms with Crippen molar-refractivity contribution in [3.8, 4) is 33.4 Å². The molecule has 0 spiro atoms. The predicted molar refractivity (Wildman–Crippen MR) is 173 cm³/mol. The van der Waals surface area contributed by atoms with Gasteiger partial charge in [0.1, 0.15) is 0 Å². The van der Waals surface area contributed by atoms with Gasteiger partial charge in [-0.05, 0) is 82.5 Å². The Balaban J connectivity index is 1.49. The third kappa shape index (κ3) is 3.54. The lowest BCUT2D eigenvalue weighted by Crippen LogP contribution is -1.92. The average Bonchev–Trinajstić information content (AvgIpc) is 3.03. The standard InChI is InChI=1S/C40H26/c1-2-13-28(14-3-1)39-35-16-6-8-18-37(35)40(38-19-9-7-17-36(38)39)34-23-11-21-32-31(20-10-22-33(32)34)30-25-24-27-12-4-5-15-29(27)26-30/h1-26H/i1D,6D,9D,13D,14D. The topological polar surface area (TPSA) is 0 Å². The highest BCUT2D eigenvalue weighted by molar-refractivity contribution is 6.24. The van der Waals surface area contributed by atoms with E-state index in [2.05, 4.69) is 78.9 Å². The lowest BCUT2D eigenvalue weighted by Gasteiger charge is -2.19. The molecule has 0 heterocycles. The lowest BCUT2D eigenvalue weighted by molar-refractivity contribution is 1.65. The van der Waals surface area contributed by atoms with Crippen LogP contribution in [0.2, 0.25) is 0 Å². The molecule has 8 aromatic carbocycles. The molecule has 0 nitrogen and oxygen atoms in total. The van der Waals surface area contributed by atoms with E-state index in [0.29, 0.717) is 23.2 Å². The van der Waals surface area contributed by atoms with E-state index in [0.717, 1.165) is 54.6 Å². The van der Waals surface area contributed by atoms with Crippen molar-refractivity contribution in [1.29, 1.82) is 0 Å². The normalized spacial score (nSPS) is 13.2. The zero-order chi connectivity index (χ0) is 30.8. The van der Waals surface area contributed by atoms with E-state index in [1.807, 2.05) is 18.2 Å². The van der Waals surface area contributed by atoms with Crippen LogP contribution in [0.3, 0.4) is 0 Å². The Morgan fingerprint density at radius 2 is 0.950 bits per heavy atom. The van der Waals surface area contributed by atoms with Crippen molar-refractivity contribution in [2.45, 2.75) is 0 Å². The second-order valence-corrected chi connectivity index (χ2v) is 10.1. The summed E-state index contributed by atoms with van der Waals surface area (Å²) in [6, 6.07) is 42.6. The first-order valence-corrected chi connectivity index (χ1v) is 13.4. The van der Waals surface area contributed by atoms with E-state index in [9.17, 15) is 0 Å². The molecule has 0 N–H and O–H groups in total. The van der Waals surface area contributed by atoms with Crippen molar-refractivity contribution >= 4 is 43.1 Å². The molecule has 0 aliphatic rings. The minimum Gasteiger partial charge on any atom is -0.0622 e. The Morgan fingerprint density at radius 1 is 0.350 bits per heavy atom. The highest BCUT2D eigenvalue weighted by Crippen LogP contribution is 2.46. The van der Waals surface area contributed by atoms with Gasteiger partial charge < -0.3 is 0 Å². The Hall–Kier alpha value is -5.20. The summed E-state index contributed by atoms with van der Waals surface area (Å²) in [5.41, 5.74) is 5.34. The molecule has 0 fully saturated rings. The minimum absolute atomic E-state index is 0.0957. The van der Waals surface area contributed by atoms with Crippen LogP contribution in [0.15, 0.2) is 158 Å². The molecule has 8 aromatic rings. The van der Waals surface area contributed by atoms with Gasteiger partial charge in [-0.2, -0.15) is 0 Å². The number of hydrogen-bond donors (Lipinski definition) is 0. The van der Waals surface area contributed by atoms with Crippen LogP contribution in [0, 0.1) is 0 Å². The van der Waals surface area contributed by atoms with Crippen LogP contribution in [-0.4, -0.2) is 0 Å². The number of hydrogen-bond acceptors (Lipinski definition) is 0. The molecule has 0 aliphatic heterocycles. The molecule has 0 saturated carbocycles. The zero-order valence-electron chi connectivity index (χ0n) is 26.6. The maximum Gasteiger partial charge on any atom is 0.0629 e. The van der Waals surface area contributed by atoms with Gasteiger partial charge in [0.05, 0.1) is 6.85 Å². The van der Waals surface area contributed by atoms with Crippen molar-refractivity contribution in [2.75, 3.05) is 0 Å². The van der Waals surface area contributed by atoms with Gasteiger partial charge in [0.2, 0.25) is 0 Å². The fraction of sp³-hybridized carbons (Fsp3) is 0. The molecule has 0 unspecified atom stereocenters. The van der Waals surface area contributed by atoms with Crippen molar-refractivity contribution < 1.29 is 6.85 Å². The molecule has 0 saturated heterocycles. The van der Waals surface area contributed by atoms with Crippen LogP contribution in [0.5, 0.6) is 0 Å². The number of benzene rings is 8. The summed E-state index contributed by atoms with van der Waals surface area (Å²) in [6.07, 6.45) is 0. The molecule has 0 bridgehead atoms. The number of fused-ring (bicyclic) bond motifs is 4. The molecule has 186 valence electrons. The molecule has 0 heteroatoms. The number of rotatable bonds is 3. The smallest absolute Gasteiger partial charge is 0.0622 e. The molecule has 0 aromatic heterocycles. The second kappa shape index (κ2) is 9.22. The summed E-state index contributed by atoms with van der Waals surface area (Å²) in [6.45, 7) is 0. The summed E-state index contributed by atoms with van der Waals surface area (Å²) < 4.78 is 42.8. The maximum atomic E-state index is 8.79. The highest BCUT2D eigenvalue weighted by atomic mass is 14.2. The van der Waals surface area contributed by atoms with Crippen LogP contribution in [0.4, 0.5) is 0 Å².